The van der Waals surface area contributed by atoms with Gasteiger partial charge in [-0.05, 0) is 268 Å². The molecule has 0 spiro atoms. The Labute approximate surface area is 697 Å². The van der Waals surface area contributed by atoms with E-state index in [-0.39, 0.29) is 71.4 Å². The van der Waals surface area contributed by atoms with Crippen LogP contribution in [-0.4, -0.2) is 125 Å². The Kier molecular flexibility index (Phi) is 33.3. The fraction of sp³-hybridized carbons (Fsp3) is 0.868. The number of carbonyl (C=O) groups is 8. The highest BCUT2D eigenvalue weighted by Crippen LogP contribution is 2.78. The van der Waals surface area contributed by atoms with E-state index in [1.54, 1.807) is 48.5 Å². The van der Waals surface area contributed by atoms with Crippen LogP contribution in [0, 0.1) is 112 Å². The Hall–Kier alpha value is -3.44. The molecule has 0 aromatic rings. The molecule has 0 aliphatic heterocycles. The third-order valence-corrected chi connectivity index (χ3v) is 34.6. The zero-order valence-electron chi connectivity index (χ0n) is 74.5. The zero-order chi connectivity index (χ0) is 84.4. The smallest absolute Gasteiger partial charge is 0.344 e. The highest BCUT2D eigenvalue weighted by atomic mass is 33.1. The van der Waals surface area contributed by atoms with Gasteiger partial charge in [-0.25, -0.2) is 9.59 Å². The maximum atomic E-state index is 13.2. The maximum Gasteiger partial charge on any atom is 0.344 e. The van der Waals surface area contributed by atoms with E-state index in [1.807, 2.05) is 0 Å². The summed E-state index contributed by atoms with van der Waals surface area (Å²) in [6.45, 7) is 52.2. The standard InChI is InChI=1S/C46H76O9S2.C45H74O9S2/c1-31(2)15-14-20-42(7,8)45(11)24-23-43(9)34-17-16-32-27-33(18-21-44(32,10)46(34,12)22-19-35(43)45)54-36(47)28-53-38(49)40(3,4)30-41(5,6)39(50)55-57-56-29-37(48)52-26-25-51-13;1-30(2)14-13-19-41(6,7)44(10)23-22-42(8)34-16-15-32-26-33(17-20-43(32,9)45(34,11)21-18-35(42)44)53-36(46)28-52-38(48)31(3)27-40(4,5)39(49)54-56-55-29-37(47)51-25-24-50-12/h16,31,33-35H,14-15,17-30H2,1-13H3;15,30-31,33-35H,13-14,16-29H2,1-12H3/t33?,34-,35-,43-,44-,45-,46-;31?,33?,34-,35-,42-,43-,44-,45-/m00/s1. The third-order valence-electron chi connectivity index (χ3n) is 31.5. The molecule has 8 aliphatic rings. The quantitative estimate of drug-likeness (QED) is 0.0140. The van der Waals surface area contributed by atoms with E-state index in [4.69, 9.17) is 46.3 Å². The Morgan fingerprint density at radius 1 is 0.451 bits per heavy atom. The van der Waals surface area contributed by atoms with Gasteiger partial charge < -0.3 is 46.3 Å². The number of rotatable bonds is 38. The Morgan fingerprint density at radius 2 is 0.841 bits per heavy atom. The number of ether oxygens (including phenoxy) is 8. The SMILES string of the molecule is COCCOC(=O)CSSOC(=O)C(C)(C)CC(C)(C)C(=O)OCC(=O)OC1CC[C@@]2(C)C(=CC[C@H]3[C@]4(C)CC[C@](C)(C(C)(C)CCCC(C)C)[C@H]4CC[C@@]32C)C1.COCCOC(=O)CSSOC(=O)C(C)(C)CC(C)C(=O)OCC(=O)OC1CC[C@@]2(C)C(=CC[C@H]3[C@]4(C)CC[C@](C)(C(C)(C)CCCC(C)C)[C@H]4CC[C@@]32C)C1. The molecule has 3 unspecified atom stereocenters. The van der Waals surface area contributed by atoms with Crippen LogP contribution in [0.1, 0.15) is 313 Å². The monoisotopic (exact) mass is 1660 g/mol. The first-order valence-corrected chi connectivity index (χ1v) is 47.4. The summed E-state index contributed by atoms with van der Waals surface area (Å²) in [7, 11) is 5.12. The molecule has 0 radical (unpaired) electrons. The predicted molar refractivity (Wildman–Crippen MR) is 453 cm³/mol. The second-order valence-corrected chi connectivity index (χ2v) is 45.4. The molecule has 15 atom stereocenters. The van der Waals surface area contributed by atoms with Crippen molar-refractivity contribution in [3.63, 3.8) is 0 Å². The highest BCUT2D eigenvalue weighted by Gasteiger charge is 2.71. The minimum Gasteiger partial charge on any atom is -0.463 e. The van der Waals surface area contributed by atoms with Gasteiger partial charge in [0.15, 0.2) is 13.2 Å². The van der Waals surface area contributed by atoms with Crippen molar-refractivity contribution in [3.8, 4) is 0 Å². The van der Waals surface area contributed by atoms with E-state index in [1.165, 1.54) is 115 Å². The number of hydrogen-bond acceptors (Lipinski definition) is 22. The van der Waals surface area contributed by atoms with E-state index in [0.717, 1.165) is 119 Å². The van der Waals surface area contributed by atoms with Gasteiger partial charge in [-0.1, -0.05) is 167 Å². The van der Waals surface area contributed by atoms with Gasteiger partial charge in [-0.2, -0.15) is 0 Å². The molecule has 0 amide bonds. The number of allylic oxidation sites excluding steroid dienone is 2. The number of methoxy groups -OCH3 is 2. The van der Waals surface area contributed by atoms with Crippen molar-refractivity contribution in [1.29, 1.82) is 0 Å². The molecule has 0 aromatic carbocycles. The lowest BCUT2D eigenvalue weighted by Gasteiger charge is -2.66. The Morgan fingerprint density at radius 3 is 1.24 bits per heavy atom. The predicted octanol–water partition coefficient (Wildman–Crippen LogP) is 21.9. The molecular weight excluding hydrogens is 1510 g/mol. The summed E-state index contributed by atoms with van der Waals surface area (Å²) >= 11 is 1.59. The van der Waals surface area contributed by atoms with Gasteiger partial charge in [0.25, 0.3) is 0 Å². The van der Waals surface area contributed by atoms with Crippen molar-refractivity contribution in [3.05, 3.63) is 23.3 Å². The Balaban J connectivity index is 0.000000313. The molecule has 113 heavy (non-hydrogen) atoms. The lowest BCUT2D eigenvalue weighted by Crippen LogP contribution is -2.59. The molecule has 0 bridgehead atoms. The Bertz CT molecular complexity index is 3360. The first-order valence-electron chi connectivity index (χ1n) is 42.9. The lowest BCUT2D eigenvalue weighted by atomic mass is 9.38. The summed E-state index contributed by atoms with van der Waals surface area (Å²) in [5.74, 6) is -0.536. The summed E-state index contributed by atoms with van der Waals surface area (Å²) in [6, 6.07) is 0. The van der Waals surface area contributed by atoms with Crippen LogP contribution >= 0.6 is 43.7 Å². The van der Waals surface area contributed by atoms with Crippen LogP contribution in [0.15, 0.2) is 23.3 Å². The topological polar surface area (TPSA) is 229 Å². The van der Waals surface area contributed by atoms with Crippen molar-refractivity contribution in [2.24, 2.45) is 112 Å². The first kappa shape index (κ1) is 96.7. The van der Waals surface area contributed by atoms with Crippen LogP contribution in [0.5, 0.6) is 0 Å². The number of hydrogen-bond donors (Lipinski definition) is 0. The second kappa shape index (κ2) is 39.0. The summed E-state index contributed by atoms with van der Waals surface area (Å²) in [5, 5.41) is 0. The van der Waals surface area contributed by atoms with Gasteiger partial charge >= 0.3 is 47.8 Å². The molecule has 22 heteroatoms. The maximum absolute atomic E-state index is 13.2. The van der Waals surface area contributed by atoms with Gasteiger partial charge in [0, 0.05) is 27.1 Å². The molecular formula is C91H150O18S4. The average Bonchev–Trinajstić information content (AvgIpc) is 1.43. The molecule has 8 aliphatic carbocycles. The number of carbonyl (C=O) groups excluding carboxylic acids is 8. The largest absolute Gasteiger partial charge is 0.463 e. The molecule has 6 saturated carbocycles. The minimum atomic E-state index is -1.08. The van der Waals surface area contributed by atoms with Crippen LogP contribution in [0.4, 0.5) is 0 Å². The summed E-state index contributed by atoms with van der Waals surface area (Å²) in [4.78, 5) is 101. The van der Waals surface area contributed by atoms with E-state index < -0.39 is 83.1 Å². The molecule has 0 aromatic heterocycles. The molecule has 0 saturated heterocycles. The van der Waals surface area contributed by atoms with Gasteiger partial charge in [0.2, 0.25) is 0 Å². The summed E-state index contributed by atoms with van der Waals surface area (Å²) < 4.78 is 53.0. The normalized spacial score (nSPS) is 31.7. The summed E-state index contributed by atoms with van der Waals surface area (Å²) in [5.41, 5.74) is 2.27. The van der Waals surface area contributed by atoms with Crippen molar-refractivity contribution >= 4 is 91.5 Å². The zero-order valence-corrected chi connectivity index (χ0v) is 77.7. The molecule has 0 heterocycles. The van der Waals surface area contributed by atoms with Crippen molar-refractivity contribution < 1.29 is 84.6 Å². The van der Waals surface area contributed by atoms with Crippen LogP contribution in [0.2, 0.25) is 0 Å². The molecule has 0 N–H and O–H groups in total. The van der Waals surface area contributed by atoms with Crippen LogP contribution < -0.4 is 0 Å². The van der Waals surface area contributed by atoms with E-state index in [2.05, 4.69) is 123 Å². The van der Waals surface area contributed by atoms with Crippen molar-refractivity contribution in [2.45, 2.75) is 326 Å². The van der Waals surface area contributed by atoms with Crippen molar-refractivity contribution in [1.82, 2.24) is 0 Å². The molecule has 6 fully saturated rings. The van der Waals surface area contributed by atoms with Gasteiger partial charge in [0.1, 0.15) is 59.1 Å². The molecule has 8 rings (SSSR count). The third kappa shape index (κ3) is 21.8. The fourth-order valence-electron chi connectivity index (χ4n) is 23.8. The van der Waals surface area contributed by atoms with E-state index in [9.17, 15) is 38.4 Å². The van der Waals surface area contributed by atoms with Gasteiger partial charge in [-0.15, -0.1) is 0 Å². The van der Waals surface area contributed by atoms with Crippen LogP contribution in [-0.2, 0) is 84.6 Å². The van der Waals surface area contributed by atoms with Crippen molar-refractivity contribution in [2.75, 3.05) is 65.4 Å². The molecule has 646 valence electrons. The van der Waals surface area contributed by atoms with Crippen LogP contribution in [0.3, 0.4) is 0 Å². The van der Waals surface area contributed by atoms with E-state index in [0.29, 0.717) is 57.5 Å². The summed E-state index contributed by atoms with van der Waals surface area (Å²) in [6.07, 6.45) is 30.3. The van der Waals surface area contributed by atoms with Crippen LogP contribution in [0.25, 0.3) is 0 Å². The number of fused-ring (bicyclic) bond motifs is 10. The number of esters is 6. The average molecular weight is 1660 g/mol. The lowest BCUT2D eigenvalue weighted by molar-refractivity contribution is -0.172. The first-order chi connectivity index (χ1) is 52.4. The molecule has 18 nitrogen and oxygen atoms in total. The second-order valence-electron chi connectivity index (χ2n) is 41.6. The van der Waals surface area contributed by atoms with Gasteiger partial charge in [0.05, 0.1) is 35.4 Å². The van der Waals surface area contributed by atoms with E-state index >= 15 is 0 Å². The fourth-order valence-corrected chi connectivity index (χ4v) is 26.4. The highest BCUT2D eigenvalue weighted by molar-refractivity contribution is 8.75. The minimum absolute atomic E-state index is 0.00470. The van der Waals surface area contributed by atoms with Gasteiger partial charge in [-0.3, -0.25) is 28.8 Å².